The van der Waals surface area contributed by atoms with Gasteiger partial charge in [-0.15, -0.1) is 0 Å². The van der Waals surface area contributed by atoms with Crippen LogP contribution < -0.4 is 9.22 Å². The molecule has 3 heterocycles. The number of likely N-dealkylation sites (tertiary alicyclic amines) is 1. The van der Waals surface area contributed by atoms with Crippen LogP contribution in [0.3, 0.4) is 0 Å². The Bertz CT molecular complexity index is 1290. The van der Waals surface area contributed by atoms with Gasteiger partial charge in [-0.2, -0.15) is 0 Å². The zero-order valence-corrected chi connectivity index (χ0v) is 19.1. The van der Waals surface area contributed by atoms with Crippen molar-refractivity contribution in [3.63, 3.8) is 0 Å². The molecule has 0 aliphatic carbocycles. The van der Waals surface area contributed by atoms with E-state index in [0.29, 0.717) is 13.1 Å². The third kappa shape index (κ3) is 3.80. The molecule has 2 aromatic carbocycles. The molecule has 1 aliphatic heterocycles. The molecule has 7 nitrogen and oxygen atoms in total. The van der Waals surface area contributed by atoms with Crippen LogP contribution in [0.25, 0.3) is 22.3 Å². The first-order chi connectivity index (χ1) is 15.6. The van der Waals surface area contributed by atoms with Gasteiger partial charge in [0.25, 0.3) is 0 Å². The minimum absolute atomic E-state index is 0.0534. The maximum atomic E-state index is 12.0. The zero-order valence-electron chi connectivity index (χ0n) is 17.3. The Hall–Kier alpha value is -3.44. The molecular formula is C24H20AsN5O2. The monoisotopic (exact) mass is 485 g/mol. The van der Waals surface area contributed by atoms with Gasteiger partial charge in [0.1, 0.15) is 0 Å². The molecule has 1 aliphatic rings. The summed E-state index contributed by atoms with van der Waals surface area (Å²) < 4.78 is 8.66. The Kier molecular flexibility index (Phi) is 5.50. The summed E-state index contributed by atoms with van der Waals surface area (Å²) in [7, 11) is 0. The molecule has 0 N–H and O–H groups in total. The van der Waals surface area contributed by atoms with Crippen LogP contribution in [-0.4, -0.2) is 60.5 Å². The van der Waals surface area contributed by atoms with Crippen LogP contribution >= 0.6 is 0 Å². The number of benzene rings is 2. The summed E-state index contributed by atoms with van der Waals surface area (Å²) in [5.74, 6) is 1.49. The molecule has 4 aromatic rings. The summed E-state index contributed by atoms with van der Waals surface area (Å²) in [6.07, 6.45) is 3.73. The molecular weight excluding hydrogens is 465 g/mol. The number of para-hydroxylation sites is 1. The van der Waals surface area contributed by atoms with E-state index in [0.717, 1.165) is 44.7 Å². The van der Waals surface area contributed by atoms with E-state index in [1.807, 2.05) is 59.3 Å². The Morgan fingerprint density at radius 1 is 1.09 bits per heavy atom. The van der Waals surface area contributed by atoms with E-state index in [1.54, 1.807) is 11.2 Å². The van der Waals surface area contributed by atoms with Gasteiger partial charge in [-0.05, 0) is 0 Å². The first-order valence-electron chi connectivity index (χ1n) is 10.3. The van der Waals surface area contributed by atoms with Crippen molar-refractivity contribution in [2.24, 2.45) is 0 Å². The third-order valence-electron chi connectivity index (χ3n) is 5.57. The summed E-state index contributed by atoms with van der Waals surface area (Å²) in [6.45, 7) is 4.86. The Morgan fingerprint density at radius 3 is 2.59 bits per heavy atom. The van der Waals surface area contributed by atoms with E-state index in [-0.39, 0.29) is 11.9 Å². The van der Waals surface area contributed by atoms with Crippen molar-refractivity contribution in [1.82, 2.24) is 24.6 Å². The average molecular weight is 485 g/mol. The van der Waals surface area contributed by atoms with Gasteiger partial charge in [-0.1, -0.05) is 0 Å². The second-order valence-corrected chi connectivity index (χ2v) is 8.45. The molecule has 0 bridgehead atoms. The van der Waals surface area contributed by atoms with Gasteiger partial charge < -0.3 is 0 Å². The summed E-state index contributed by atoms with van der Waals surface area (Å²) >= 11 is 2.50. The molecule has 1 unspecified atom stereocenters. The number of fused-ring (bicyclic) bond motifs is 1. The second-order valence-electron chi connectivity index (χ2n) is 7.56. The fraction of sp³-hybridized carbons (Fsp3) is 0.167. The fourth-order valence-corrected chi connectivity index (χ4v) is 4.53. The van der Waals surface area contributed by atoms with Gasteiger partial charge in [0.2, 0.25) is 0 Å². The van der Waals surface area contributed by atoms with Crippen LogP contribution in [0.4, 0.5) is 0 Å². The molecule has 1 fully saturated rings. The van der Waals surface area contributed by atoms with E-state index < -0.39 is 0 Å². The van der Waals surface area contributed by atoms with E-state index in [2.05, 4.69) is 33.4 Å². The van der Waals surface area contributed by atoms with Gasteiger partial charge in [0.05, 0.1) is 0 Å². The van der Waals surface area contributed by atoms with E-state index >= 15 is 0 Å². The van der Waals surface area contributed by atoms with Gasteiger partial charge in [0, 0.05) is 0 Å². The van der Waals surface area contributed by atoms with Crippen LogP contribution in [0, 0.1) is 0 Å². The number of carbonyl (C=O) groups excluding carboxylic acids is 1. The summed E-state index contributed by atoms with van der Waals surface area (Å²) in [5, 5.41) is 5.84. The summed E-state index contributed by atoms with van der Waals surface area (Å²) in [5.41, 5.74) is 2.54. The van der Waals surface area contributed by atoms with Crippen molar-refractivity contribution in [2.75, 3.05) is 13.1 Å². The van der Waals surface area contributed by atoms with E-state index in [9.17, 15) is 4.79 Å². The standard InChI is InChI=1S/C24H20AsN5O2/c1-2-20(31)29-13-12-17(14-29)30-24-21(23(25)26-15-27-24)22(28-30)16-8-10-19(11-9-16)32-18-6-4-3-5-7-18/h2-11,15,17H,1,12-14H2. The molecule has 1 amide bonds. The van der Waals surface area contributed by atoms with Crippen LogP contribution in [0.2, 0.25) is 0 Å². The molecule has 158 valence electrons. The number of amides is 1. The SMILES string of the molecule is C=CC(=O)N1CCC(n2nc(-c3ccc(Oc4ccccc4)cc3)c3c([As])ncnc32)C1. The van der Waals surface area contributed by atoms with E-state index in [1.165, 1.54) is 6.08 Å². The number of aromatic nitrogens is 4. The van der Waals surface area contributed by atoms with Crippen molar-refractivity contribution in [3.8, 4) is 22.8 Å². The zero-order chi connectivity index (χ0) is 22.1. The number of nitrogens with zero attached hydrogens (tertiary/aromatic N) is 5. The molecule has 5 rings (SSSR count). The maximum absolute atomic E-state index is 12.0. The molecule has 1 atom stereocenters. The number of hydrogen-bond acceptors (Lipinski definition) is 5. The van der Waals surface area contributed by atoms with Crippen LogP contribution in [-0.2, 0) is 4.79 Å². The molecule has 2 radical (unpaired) electrons. The van der Waals surface area contributed by atoms with Crippen molar-refractivity contribution < 1.29 is 9.53 Å². The first kappa shape index (κ1) is 20.5. The van der Waals surface area contributed by atoms with Gasteiger partial charge in [-0.3, -0.25) is 0 Å². The van der Waals surface area contributed by atoms with E-state index in [4.69, 9.17) is 9.84 Å². The van der Waals surface area contributed by atoms with Crippen molar-refractivity contribution in [1.29, 1.82) is 0 Å². The van der Waals surface area contributed by atoms with Crippen molar-refractivity contribution >= 4 is 38.3 Å². The second kappa shape index (κ2) is 8.59. The van der Waals surface area contributed by atoms with Crippen LogP contribution in [0.15, 0.2) is 73.6 Å². The predicted octanol–water partition coefficient (Wildman–Crippen LogP) is 3.04. The first-order valence-corrected chi connectivity index (χ1v) is 11.2. The van der Waals surface area contributed by atoms with Crippen LogP contribution in [0.5, 0.6) is 11.5 Å². The molecule has 8 heteroatoms. The Labute approximate surface area is 194 Å². The molecule has 1 saturated heterocycles. The van der Waals surface area contributed by atoms with Gasteiger partial charge in [0.15, 0.2) is 0 Å². The summed E-state index contributed by atoms with van der Waals surface area (Å²) in [4.78, 5) is 22.7. The number of hydrogen-bond donors (Lipinski definition) is 0. The van der Waals surface area contributed by atoms with Crippen molar-refractivity contribution in [2.45, 2.75) is 12.5 Å². The quantitative estimate of drug-likeness (QED) is 0.321. The third-order valence-corrected chi connectivity index (χ3v) is 6.28. The topological polar surface area (TPSA) is 73.1 Å². The molecule has 0 saturated carbocycles. The van der Waals surface area contributed by atoms with Crippen molar-refractivity contribution in [3.05, 3.63) is 73.6 Å². The molecule has 32 heavy (non-hydrogen) atoms. The number of carbonyl (C=O) groups is 1. The Morgan fingerprint density at radius 2 is 1.84 bits per heavy atom. The van der Waals surface area contributed by atoms with Crippen LogP contribution in [0.1, 0.15) is 12.5 Å². The van der Waals surface area contributed by atoms with Gasteiger partial charge in [-0.25, -0.2) is 0 Å². The average Bonchev–Trinajstić information content (AvgIpc) is 3.46. The van der Waals surface area contributed by atoms with Gasteiger partial charge >= 0.3 is 194 Å². The summed E-state index contributed by atoms with van der Waals surface area (Å²) in [6, 6.07) is 17.6. The minimum atomic E-state index is -0.0549. The fourth-order valence-electron chi connectivity index (χ4n) is 3.99. The normalized spacial score (nSPS) is 15.8. The molecule has 0 spiro atoms. The number of rotatable bonds is 5. The molecule has 2 aromatic heterocycles. The Balaban J connectivity index is 1.49. The number of ether oxygens (including phenoxy) is 1. The predicted molar refractivity (Wildman–Crippen MR) is 123 cm³/mol.